The predicted octanol–water partition coefficient (Wildman–Crippen LogP) is 0.736. The van der Waals surface area contributed by atoms with Crippen molar-refractivity contribution < 1.29 is 9.84 Å². The molecule has 0 radical (unpaired) electrons. The molecule has 0 aliphatic carbocycles. The number of aliphatic hydroxyl groups is 1. The fourth-order valence-electron chi connectivity index (χ4n) is 1.67. The topological polar surface area (TPSA) is 70.5 Å². The SMILES string of the molecule is CCCN(CCO)c1ncnc(NC)c1OC. The Kier molecular flexibility index (Phi) is 5.48. The van der Waals surface area contributed by atoms with Gasteiger partial charge in [-0.15, -0.1) is 0 Å². The molecule has 0 amide bonds. The minimum absolute atomic E-state index is 0.0854. The van der Waals surface area contributed by atoms with Crippen molar-refractivity contribution in [3.05, 3.63) is 6.33 Å². The van der Waals surface area contributed by atoms with Gasteiger partial charge in [-0.25, -0.2) is 9.97 Å². The highest BCUT2D eigenvalue weighted by atomic mass is 16.5. The van der Waals surface area contributed by atoms with Crippen LogP contribution < -0.4 is 15.0 Å². The molecular weight excluding hydrogens is 220 g/mol. The number of nitrogens with zero attached hydrogens (tertiary/aromatic N) is 3. The molecule has 1 aromatic rings. The van der Waals surface area contributed by atoms with Gasteiger partial charge in [-0.2, -0.15) is 0 Å². The average Bonchev–Trinajstić information content (AvgIpc) is 2.37. The van der Waals surface area contributed by atoms with Crippen molar-refractivity contribution in [2.45, 2.75) is 13.3 Å². The van der Waals surface area contributed by atoms with Gasteiger partial charge in [0.1, 0.15) is 6.33 Å². The Morgan fingerprint density at radius 1 is 1.41 bits per heavy atom. The van der Waals surface area contributed by atoms with E-state index in [4.69, 9.17) is 9.84 Å². The van der Waals surface area contributed by atoms with Crippen LogP contribution in [0.15, 0.2) is 6.33 Å². The summed E-state index contributed by atoms with van der Waals surface area (Å²) in [7, 11) is 3.37. The summed E-state index contributed by atoms with van der Waals surface area (Å²) in [6, 6.07) is 0. The zero-order chi connectivity index (χ0) is 12.7. The molecule has 0 atom stereocenters. The fraction of sp³-hybridized carbons (Fsp3) is 0.636. The second-order valence-corrected chi connectivity index (χ2v) is 3.54. The van der Waals surface area contributed by atoms with Crippen LogP contribution in [0.2, 0.25) is 0 Å². The van der Waals surface area contributed by atoms with Gasteiger partial charge in [-0.05, 0) is 6.42 Å². The van der Waals surface area contributed by atoms with Crippen LogP contribution in [0.3, 0.4) is 0 Å². The van der Waals surface area contributed by atoms with E-state index in [1.165, 1.54) is 6.33 Å². The second-order valence-electron chi connectivity index (χ2n) is 3.54. The molecule has 0 saturated carbocycles. The standard InChI is InChI=1S/C11H20N4O2/c1-4-5-15(6-7-16)11-9(17-3)10(12-2)13-8-14-11/h8,16H,4-7H2,1-3H3,(H,12,13,14). The summed E-state index contributed by atoms with van der Waals surface area (Å²) in [6.45, 7) is 3.51. The number of hydrogen-bond donors (Lipinski definition) is 2. The quantitative estimate of drug-likeness (QED) is 0.732. The lowest BCUT2D eigenvalue weighted by molar-refractivity contribution is 0.300. The zero-order valence-corrected chi connectivity index (χ0v) is 10.6. The van der Waals surface area contributed by atoms with Gasteiger partial charge in [0.25, 0.3) is 0 Å². The zero-order valence-electron chi connectivity index (χ0n) is 10.6. The summed E-state index contributed by atoms with van der Waals surface area (Å²) in [5.41, 5.74) is 0. The molecule has 96 valence electrons. The lowest BCUT2D eigenvalue weighted by atomic mass is 10.3. The number of nitrogens with one attached hydrogen (secondary N) is 1. The first-order chi connectivity index (χ1) is 8.28. The first-order valence-electron chi connectivity index (χ1n) is 5.71. The summed E-state index contributed by atoms with van der Waals surface area (Å²) in [5.74, 6) is 1.97. The van der Waals surface area contributed by atoms with Crippen molar-refractivity contribution in [2.24, 2.45) is 0 Å². The third-order valence-corrected chi connectivity index (χ3v) is 2.39. The van der Waals surface area contributed by atoms with Gasteiger partial charge in [-0.3, -0.25) is 0 Å². The molecule has 0 fully saturated rings. The van der Waals surface area contributed by atoms with Crippen LogP contribution >= 0.6 is 0 Å². The van der Waals surface area contributed by atoms with Crippen LogP contribution in [0, 0.1) is 0 Å². The van der Waals surface area contributed by atoms with E-state index in [-0.39, 0.29) is 6.61 Å². The molecule has 0 aliphatic rings. The van der Waals surface area contributed by atoms with Gasteiger partial charge >= 0.3 is 0 Å². The minimum atomic E-state index is 0.0854. The van der Waals surface area contributed by atoms with Crippen molar-refractivity contribution in [3.63, 3.8) is 0 Å². The van der Waals surface area contributed by atoms with Crippen molar-refractivity contribution in [1.29, 1.82) is 0 Å². The van der Waals surface area contributed by atoms with E-state index < -0.39 is 0 Å². The molecule has 0 saturated heterocycles. The predicted molar refractivity (Wildman–Crippen MR) is 67.7 cm³/mol. The molecule has 0 bridgehead atoms. The van der Waals surface area contributed by atoms with Gasteiger partial charge in [0.05, 0.1) is 13.7 Å². The molecule has 0 aromatic carbocycles. The Labute approximate surface area is 102 Å². The van der Waals surface area contributed by atoms with E-state index in [1.54, 1.807) is 14.2 Å². The van der Waals surface area contributed by atoms with Crippen LogP contribution in [-0.4, -0.2) is 48.9 Å². The highest BCUT2D eigenvalue weighted by molar-refractivity contribution is 5.64. The molecule has 0 unspecified atom stereocenters. The Morgan fingerprint density at radius 3 is 2.71 bits per heavy atom. The van der Waals surface area contributed by atoms with E-state index in [0.29, 0.717) is 23.9 Å². The number of rotatable bonds is 7. The number of hydrogen-bond acceptors (Lipinski definition) is 6. The van der Waals surface area contributed by atoms with Gasteiger partial charge in [-0.1, -0.05) is 6.92 Å². The summed E-state index contributed by atoms with van der Waals surface area (Å²) in [5, 5.41) is 12.0. The number of aliphatic hydroxyl groups excluding tert-OH is 1. The maximum atomic E-state index is 9.07. The Balaban J connectivity index is 3.07. The van der Waals surface area contributed by atoms with Gasteiger partial charge in [0.2, 0.25) is 5.75 Å². The van der Waals surface area contributed by atoms with Gasteiger partial charge in [0, 0.05) is 20.1 Å². The Bertz CT molecular complexity index is 340. The van der Waals surface area contributed by atoms with Gasteiger partial charge in [0.15, 0.2) is 11.6 Å². The fourth-order valence-corrected chi connectivity index (χ4v) is 1.67. The average molecular weight is 240 g/mol. The number of methoxy groups -OCH3 is 1. The van der Waals surface area contributed by atoms with E-state index in [0.717, 1.165) is 13.0 Å². The van der Waals surface area contributed by atoms with Crippen molar-refractivity contribution >= 4 is 11.6 Å². The summed E-state index contributed by atoms with van der Waals surface area (Å²) < 4.78 is 5.33. The molecule has 6 heteroatoms. The van der Waals surface area contributed by atoms with Gasteiger partial charge < -0.3 is 20.1 Å². The molecule has 2 N–H and O–H groups in total. The first-order valence-corrected chi connectivity index (χ1v) is 5.71. The molecular formula is C11H20N4O2. The number of aromatic nitrogens is 2. The number of anilines is 2. The van der Waals surface area contributed by atoms with Crippen molar-refractivity contribution in [1.82, 2.24) is 9.97 Å². The summed E-state index contributed by atoms with van der Waals surface area (Å²) in [4.78, 5) is 10.3. The third kappa shape index (κ3) is 3.20. The summed E-state index contributed by atoms with van der Waals surface area (Å²) in [6.07, 6.45) is 2.46. The highest BCUT2D eigenvalue weighted by Crippen LogP contribution is 2.31. The van der Waals surface area contributed by atoms with Crippen LogP contribution in [0.1, 0.15) is 13.3 Å². The normalized spacial score (nSPS) is 10.1. The van der Waals surface area contributed by atoms with Crippen LogP contribution in [0.25, 0.3) is 0 Å². The Hall–Kier alpha value is -1.56. The van der Waals surface area contributed by atoms with Crippen LogP contribution in [0.4, 0.5) is 11.6 Å². The van der Waals surface area contributed by atoms with Crippen LogP contribution in [0.5, 0.6) is 5.75 Å². The lowest BCUT2D eigenvalue weighted by Gasteiger charge is -2.24. The second kappa shape index (κ2) is 6.90. The maximum Gasteiger partial charge on any atom is 0.204 e. The van der Waals surface area contributed by atoms with E-state index >= 15 is 0 Å². The molecule has 0 aliphatic heterocycles. The monoisotopic (exact) mass is 240 g/mol. The van der Waals surface area contributed by atoms with E-state index in [9.17, 15) is 0 Å². The van der Waals surface area contributed by atoms with Crippen molar-refractivity contribution in [3.8, 4) is 5.75 Å². The maximum absolute atomic E-state index is 9.07. The highest BCUT2D eigenvalue weighted by Gasteiger charge is 2.16. The number of ether oxygens (including phenoxy) is 1. The smallest absolute Gasteiger partial charge is 0.204 e. The van der Waals surface area contributed by atoms with E-state index in [2.05, 4.69) is 22.2 Å². The molecule has 0 spiro atoms. The lowest BCUT2D eigenvalue weighted by Crippen LogP contribution is -2.29. The molecule has 1 aromatic heterocycles. The van der Waals surface area contributed by atoms with Crippen molar-refractivity contribution in [2.75, 3.05) is 44.1 Å². The summed E-state index contributed by atoms with van der Waals surface area (Å²) >= 11 is 0. The minimum Gasteiger partial charge on any atom is -0.490 e. The largest absolute Gasteiger partial charge is 0.490 e. The Morgan fingerprint density at radius 2 is 2.18 bits per heavy atom. The molecule has 6 nitrogen and oxygen atoms in total. The third-order valence-electron chi connectivity index (χ3n) is 2.39. The molecule has 17 heavy (non-hydrogen) atoms. The van der Waals surface area contributed by atoms with Crippen LogP contribution in [-0.2, 0) is 0 Å². The molecule has 1 rings (SSSR count). The van der Waals surface area contributed by atoms with E-state index in [1.807, 2.05) is 4.90 Å². The first kappa shape index (κ1) is 13.5. The molecule has 1 heterocycles.